The lowest BCUT2D eigenvalue weighted by Gasteiger charge is -2.30. The number of nitrogens with two attached hydrogens (primary N) is 1. The van der Waals surface area contributed by atoms with Crippen LogP contribution in [0, 0.1) is 5.92 Å². The smallest absolute Gasteiger partial charge is 0.231 e. The molecule has 8 heteroatoms. The Bertz CT molecular complexity index is 460. The van der Waals surface area contributed by atoms with E-state index in [0.717, 1.165) is 12.8 Å². The van der Waals surface area contributed by atoms with Crippen LogP contribution in [0.1, 0.15) is 19.8 Å². The summed E-state index contributed by atoms with van der Waals surface area (Å²) in [5.41, 5.74) is 5.31. The van der Waals surface area contributed by atoms with Crippen LogP contribution in [0.4, 0.5) is 11.9 Å². The molecule has 0 saturated carbocycles. The maximum atomic E-state index is 11.1. The Labute approximate surface area is 116 Å². The number of hydrogen-bond donors (Lipinski definition) is 2. The first kappa shape index (κ1) is 13.8. The second-order valence-electron chi connectivity index (χ2n) is 4.42. The summed E-state index contributed by atoms with van der Waals surface area (Å²) >= 11 is 5.88. The number of carbonyl (C=O) groups is 1. The monoisotopic (exact) mass is 284 g/mol. The average Bonchev–Trinajstić information content (AvgIpc) is 2.38. The zero-order valence-corrected chi connectivity index (χ0v) is 11.5. The van der Waals surface area contributed by atoms with Gasteiger partial charge < -0.3 is 16.0 Å². The van der Waals surface area contributed by atoms with Gasteiger partial charge in [0.25, 0.3) is 0 Å². The maximum absolute atomic E-state index is 11.1. The summed E-state index contributed by atoms with van der Waals surface area (Å²) in [6.45, 7) is 4.05. The van der Waals surface area contributed by atoms with E-state index < -0.39 is 0 Å². The molecule has 1 amide bonds. The number of primary amides is 1. The summed E-state index contributed by atoms with van der Waals surface area (Å²) in [4.78, 5) is 25.5. The minimum absolute atomic E-state index is 0.0539. The number of piperidine rings is 1. The standard InChI is InChI=1S/C11H17ClN6O/c1-2-14-10-15-9(12)16-11(17-10)18-5-3-7(4-6-18)8(13)19/h7H,2-6H2,1H3,(H2,13,19)(H,14,15,16,17). The molecule has 0 radical (unpaired) electrons. The van der Waals surface area contributed by atoms with Gasteiger partial charge in [-0.2, -0.15) is 15.0 Å². The number of nitrogens with one attached hydrogen (secondary N) is 1. The van der Waals surface area contributed by atoms with Crippen molar-refractivity contribution in [3.8, 4) is 0 Å². The van der Waals surface area contributed by atoms with E-state index in [0.29, 0.717) is 31.5 Å². The van der Waals surface area contributed by atoms with Crippen molar-refractivity contribution in [1.29, 1.82) is 0 Å². The van der Waals surface area contributed by atoms with Crippen LogP contribution in [-0.2, 0) is 4.79 Å². The molecule has 2 rings (SSSR count). The third-order valence-electron chi connectivity index (χ3n) is 3.11. The van der Waals surface area contributed by atoms with Gasteiger partial charge in [-0.15, -0.1) is 0 Å². The number of nitrogens with zero attached hydrogens (tertiary/aromatic N) is 4. The molecule has 19 heavy (non-hydrogen) atoms. The Hall–Kier alpha value is -1.63. The lowest BCUT2D eigenvalue weighted by Crippen LogP contribution is -2.39. The van der Waals surface area contributed by atoms with Crippen molar-refractivity contribution in [2.75, 3.05) is 29.9 Å². The Morgan fingerprint density at radius 2 is 2.11 bits per heavy atom. The fraction of sp³-hybridized carbons (Fsp3) is 0.636. The second-order valence-corrected chi connectivity index (χ2v) is 4.76. The molecule has 0 atom stereocenters. The Kier molecular flexibility index (Phi) is 4.36. The molecular weight excluding hydrogens is 268 g/mol. The lowest BCUT2D eigenvalue weighted by molar-refractivity contribution is -0.122. The van der Waals surface area contributed by atoms with Crippen molar-refractivity contribution in [2.24, 2.45) is 11.7 Å². The quantitative estimate of drug-likeness (QED) is 0.843. The molecule has 0 bridgehead atoms. The molecule has 3 N–H and O–H groups in total. The molecule has 1 aliphatic heterocycles. The molecule has 2 heterocycles. The van der Waals surface area contributed by atoms with Crippen molar-refractivity contribution in [1.82, 2.24) is 15.0 Å². The van der Waals surface area contributed by atoms with Gasteiger partial charge in [-0.05, 0) is 31.4 Å². The van der Waals surface area contributed by atoms with Crippen LogP contribution in [0.2, 0.25) is 5.28 Å². The summed E-state index contributed by atoms with van der Waals surface area (Å²) in [6.07, 6.45) is 1.43. The van der Waals surface area contributed by atoms with E-state index in [1.54, 1.807) is 0 Å². The molecule has 0 aliphatic carbocycles. The average molecular weight is 285 g/mol. The van der Waals surface area contributed by atoms with Crippen LogP contribution in [0.5, 0.6) is 0 Å². The fourth-order valence-corrected chi connectivity index (χ4v) is 2.24. The van der Waals surface area contributed by atoms with E-state index in [1.165, 1.54) is 0 Å². The van der Waals surface area contributed by atoms with E-state index in [1.807, 2.05) is 11.8 Å². The number of amides is 1. The van der Waals surface area contributed by atoms with Crippen LogP contribution in [0.3, 0.4) is 0 Å². The Morgan fingerprint density at radius 3 is 2.68 bits per heavy atom. The normalized spacial score (nSPS) is 16.4. The van der Waals surface area contributed by atoms with Gasteiger partial charge in [-0.25, -0.2) is 0 Å². The molecular formula is C11H17ClN6O. The zero-order chi connectivity index (χ0) is 13.8. The molecule has 1 aromatic rings. The SMILES string of the molecule is CCNc1nc(Cl)nc(N2CCC(C(N)=O)CC2)n1. The van der Waals surface area contributed by atoms with Gasteiger partial charge in [0.2, 0.25) is 23.1 Å². The topological polar surface area (TPSA) is 97.0 Å². The summed E-state index contributed by atoms with van der Waals surface area (Å²) < 4.78 is 0. The van der Waals surface area contributed by atoms with Gasteiger partial charge in [0.1, 0.15) is 0 Å². The number of hydrogen-bond acceptors (Lipinski definition) is 6. The van der Waals surface area contributed by atoms with E-state index in [4.69, 9.17) is 17.3 Å². The molecule has 0 spiro atoms. The van der Waals surface area contributed by atoms with Gasteiger partial charge in [-0.1, -0.05) is 0 Å². The highest BCUT2D eigenvalue weighted by atomic mass is 35.5. The number of carbonyl (C=O) groups excluding carboxylic acids is 1. The zero-order valence-electron chi connectivity index (χ0n) is 10.8. The number of aromatic nitrogens is 3. The highest BCUT2D eigenvalue weighted by molar-refractivity contribution is 6.28. The van der Waals surface area contributed by atoms with E-state index in [-0.39, 0.29) is 17.1 Å². The fourth-order valence-electron chi connectivity index (χ4n) is 2.08. The lowest BCUT2D eigenvalue weighted by atomic mass is 9.96. The first-order chi connectivity index (χ1) is 9.10. The second kappa shape index (κ2) is 6.01. The molecule has 104 valence electrons. The molecule has 1 aliphatic rings. The summed E-state index contributed by atoms with van der Waals surface area (Å²) in [5, 5.41) is 3.17. The van der Waals surface area contributed by atoms with Gasteiger partial charge in [0.05, 0.1) is 0 Å². The first-order valence-electron chi connectivity index (χ1n) is 6.30. The van der Waals surface area contributed by atoms with Crippen LogP contribution in [0.15, 0.2) is 0 Å². The van der Waals surface area contributed by atoms with Gasteiger partial charge in [0.15, 0.2) is 0 Å². The molecule has 1 aromatic heterocycles. The number of halogens is 1. The van der Waals surface area contributed by atoms with Crippen LogP contribution in [-0.4, -0.2) is 40.5 Å². The molecule has 1 saturated heterocycles. The first-order valence-corrected chi connectivity index (χ1v) is 6.67. The predicted octanol–water partition coefficient (Wildman–Crippen LogP) is 0.658. The molecule has 0 aromatic carbocycles. The van der Waals surface area contributed by atoms with Crippen molar-refractivity contribution in [3.05, 3.63) is 5.28 Å². The highest BCUT2D eigenvalue weighted by Gasteiger charge is 2.25. The predicted molar refractivity (Wildman–Crippen MR) is 73.1 cm³/mol. The van der Waals surface area contributed by atoms with Crippen LogP contribution in [0.25, 0.3) is 0 Å². The molecule has 0 unspecified atom stereocenters. The van der Waals surface area contributed by atoms with Crippen molar-refractivity contribution in [2.45, 2.75) is 19.8 Å². The van der Waals surface area contributed by atoms with E-state index in [2.05, 4.69) is 20.3 Å². The van der Waals surface area contributed by atoms with Gasteiger partial charge in [-0.3, -0.25) is 4.79 Å². The van der Waals surface area contributed by atoms with Crippen molar-refractivity contribution < 1.29 is 4.79 Å². The third kappa shape index (κ3) is 3.44. The molecule has 1 fully saturated rings. The van der Waals surface area contributed by atoms with Crippen LogP contribution < -0.4 is 16.0 Å². The minimum atomic E-state index is -0.235. The molecule has 7 nitrogen and oxygen atoms in total. The largest absolute Gasteiger partial charge is 0.369 e. The van der Waals surface area contributed by atoms with Crippen molar-refractivity contribution in [3.63, 3.8) is 0 Å². The Balaban J connectivity index is 2.08. The number of rotatable bonds is 4. The van der Waals surface area contributed by atoms with Gasteiger partial charge >= 0.3 is 0 Å². The Morgan fingerprint density at radius 1 is 1.42 bits per heavy atom. The van der Waals surface area contributed by atoms with Crippen LogP contribution >= 0.6 is 11.6 Å². The third-order valence-corrected chi connectivity index (χ3v) is 3.28. The number of anilines is 2. The highest BCUT2D eigenvalue weighted by Crippen LogP contribution is 2.21. The van der Waals surface area contributed by atoms with Gasteiger partial charge in [0, 0.05) is 25.6 Å². The van der Waals surface area contributed by atoms with E-state index in [9.17, 15) is 4.79 Å². The van der Waals surface area contributed by atoms with E-state index >= 15 is 0 Å². The summed E-state index contributed by atoms with van der Waals surface area (Å²) in [5.74, 6) is 0.719. The summed E-state index contributed by atoms with van der Waals surface area (Å²) in [7, 11) is 0. The minimum Gasteiger partial charge on any atom is -0.369 e. The summed E-state index contributed by atoms with van der Waals surface area (Å²) in [6, 6.07) is 0. The maximum Gasteiger partial charge on any atom is 0.231 e. The van der Waals surface area contributed by atoms with Crippen molar-refractivity contribution >= 4 is 29.4 Å².